The van der Waals surface area contributed by atoms with E-state index < -0.39 is 7.12 Å². The van der Waals surface area contributed by atoms with Crippen LogP contribution in [0.2, 0.25) is 0 Å². The van der Waals surface area contributed by atoms with Gasteiger partial charge >= 0.3 is 7.12 Å². The maximum atomic E-state index is 9.38. The molecule has 1 aromatic heterocycles. The Hall–Kier alpha value is -1.77. The van der Waals surface area contributed by atoms with E-state index in [1.54, 1.807) is 0 Å². The molecule has 5 heteroatoms. The molecule has 0 spiro atoms. The molecule has 0 unspecified atom stereocenters. The predicted octanol–water partition coefficient (Wildman–Crippen LogP) is 2.35. The predicted molar refractivity (Wildman–Crippen MR) is 83.4 cm³/mol. The molecule has 1 aliphatic heterocycles. The number of hydrogen-bond donors (Lipinski definition) is 0. The number of nitriles is 1. The SMILES string of the molecule is Cn1cc(B2OC(C)(C)C(C)(C)O2)c2c(C#N)cccc21. The first-order valence-corrected chi connectivity index (χ1v) is 7.10. The van der Waals surface area contributed by atoms with Gasteiger partial charge < -0.3 is 13.9 Å². The van der Waals surface area contributed by atoms with Crippen LogP contribution in [0, 0.1) is 11.3 Å². The van der Waals surface area contributed by atoms with E-state index in [9.17, 15) is 5.26 Å². The van der Waals surface area contributed by atoms with Crippen molar-refractivity contribution in [1.29, 1.82) is 5.26 Å². The molecule has 21 heavy (non-hydrogen) atoms. The Balaban J connectivity index is 2.17. The summed E-state index contributed by atoms with van der Waals surface area (Å²) in [5, 5.41) is 10.3. The Labute approximate surface area is 125 Å². The van der Waals surface area contributed by atoms with Crippen LogP contribution in [0.4, 0.5) is 0 Å². The van der Waals surface area contributed by atoms with Crippen LogP contribution < -0.4 is 5.46 Å². The fourth-order valence-corrected chi connectivity index (χ4v) is 2.72. The number of rotatable bonds is 1. The summed E-state index contributed by atoms with van der Waals surface area (Å²) in [5.41, 5.74) is 1.81. The van der Waals surface area contributed by atoms with Crippen molar-refractivity contribution in [2.24, 2.45) is 7.05 Å². The molecule has 1 aromatic carbocycles. The fourth-order valence-electron chi connectivity index (χ4n) is 2.72. The molecule has 108 valence electrons. The van der Waals surface area contributed by atoms with Crippen molar-refractivity contribution < 1.29 is 9.31 Å². The summed E-state index contributed by atoms with van der Waals surface area (Å²) < 4.78 is 14.3. The first-order valence-electron chi connectivity index (χ1n) is 7.10. The van der Waals surface area contributed by atoms with Gasteiger partial charge in [-0.2, -0.15) is 5.26 Å². The van der Waals surface area contributed by atoms with Gasteiger partial charge in [0.25, 0.3) is 0 Å². The van der Waals surface area contributed by atoms with Gasteiger partial charge in [-0.3, -0.25) is 0 Å². The smallest absolute Gasteiger partial charge is 0.399 e. The van der Waals surface area contributed by atoms with E-state index in [1.165, 1.54) is 0 Å². The van der Waals surface area contributed by atoms with Crippen LogP contribution in [0.15, 0.2) is 24.4 Å². The van der Waals surface area contributed by atoms with Crippen LogP contribution in [0.1, 0.15) is 33.3 Å². The van der Waals surface area contributed by atoms with Crippen LogP contribution in [0.5, 0.6) is 0 Å². The van der Waals surface area contributed by atoms with Gasteiger partial charge in [-0.05, 0) is 39.8 Å². The monoisotopic (exact) mass is 282 g/mol. The summed E-state index contributed by atoms with van der Waals surface area (Å²) in [4.78, 5) is 0. The largest absolute Gasteiger partial charge is 0.497 e. The molecule has 0 atom stereocenters. The molecule has 0 saturated carbocycles. The molecular formula is C16H19BN2O2. The molecule has 4 nitrogen and oxygen atoms in total. The van der Waals surface area contributed by atoms with Crippen molar-refractivity contribution >= 4 is 23.5 Å². The standard InChI is InChI=1S/C16H19BN2O2/c1-15(2)16(3,4)21-17(20-15)12-10-19(5)13-8-6-7-11(9-18)14(12)13/h6-8,10H,1-5H3. The van der Waals surface area contributed by atoms with Gasteiger partial charge in [0.05, 0.1) is 22.8 Å². The lowest BCUT2D eigenvalue weighted by Crippen LogP contribution is -2.41. The van der Waals surface area contributed by atoms with Crippen molar-refractivity contribution in [2.75, 3.05) is 0 Å². The van der Waals surface area contributed by atoms with Gasteiger partial charge in [-0.1, -0.05) is 6.07 Å². The zero-order chi connectivity index (χ0) is 15.4. The van der Waals surface area contributed by atoms with E-state index in [2.05, 4.69) is 6.07 Å². The highest BCUT2D eigenvalue weighted by Crippen LogP contribution is 2.37. The van der Waals surface area contributed by atoms with E-state index in [0.29, 0.717) is 5.56 Å². The molecule has 1 fully saturated rings. The third-order valence-corrected chi connectivity index (χ3v) is 4.67. The Morgan fingerprint density at radius 1 is 1.14 bits per heavy atom. The normalized spacial score (nSPS) is 19.9. The number of nitrogens with zero attached hydrogens (tertiary/aromatic N) is 2. The van der Waals surface area contributed by atoms with Gasteiger partial charge in [-0.15, -0.1) is 0 Å². The average Bonchev–Trinajstić information content (AvgIpc) is 2.85. The summed E-state index contributed by atoms with van der Waals surface area (Å²) in [6, 6.07) is 8.00. The lowest BCUT2D eigenvalue weighted by Gasteiger charge is -2.32. The van der Waals surface area contributed by atoms with Crippen LogP contribution in [-0.2, 0) is 16.4 Å². The second-order valence-electron chi connectivity index (χ2n) is 6.60. The van der Waals surface area contributed by atoms with Crippen LogP contribution in [-0.4, -0.2) is 22.9 Å². The molecule has 0 aliphatic carbocycles. The van der Waals surface area contributed by atoms with Gasteiger partial charge in [-0.25, -0.2) is 0 Å². The van der Waals surface area contributed by atoms with Gasteiger partial charge in [0.1, 0.15) is 0 Å². The van der Waals surface area contributed by atoms with E-state index in [1.807, 2.05) is 63.7 Å². The summed E-state index contributed by atoms with van der Waals surface area (Å²) in [5.74, 6) is 0. The number of hydrogen-bond acceptors (Lipinski definition) is 3. The fraction of sp³-hybridized carbons (Fsp3) is 0.438. The highest BCUT2D eigenvalue weighted by molar-refractivity contribution is 6.65. The second-order valence-corrected chi connectivity index (χ2v) is 6.60. The lowest BCUT2D eigenvalue weighted by atomic mass is 9.78. The van der Waals surface area contributed by atoms with Crippen molar-refractivity contribution in [3.05, 3.63) is 30.0 Å². The van der Waals surface area contributed by atoms with E-state index in [-0.39, 0.29) is 11.2 Å². The minimum atomic E-state index is -0.451. The summed E-state index contributed by atoms with van der Waals surface area (Å²) in [6.07, 6.45) is 1.99. The maximum absolute atomic E-state index is 9.38. The minimum absolute atomic E-state index is 0.387. The number of aryl methyl sites for hydroxylation is 1. The molecule has 0 radical (unpaired) electrons. The average molecular weight is 282 g/mol. The summed E-state index contributed by atoms with van der Waals surface area (Å²) in [7, 11) is 1.52. The number of fused-ring (bicyclic) bond motifs is 1. The van der Waals surface area contributed by atoms with Crippen molar-refractivity contribution in [1.82, 2.24) is 4.57 Å². The van der Waals surface area contributed by atoms with Gasteiger partial charge in [0.15, 0.2) is 0 Å². The third kappa shape index (κ3) is 1.98. The first kappa shape index (κ1) is 14.2. The minimum Gasteiger partial charge on any atom is -0.399 e. The van der Waals surface area contributed by atoms with Crippen LogP contribution in [0.25, 0.3) is 10.9 Å². The molecule has 0 amide bonds. The van der Waals surface area contributed by atoms with E-state index in [4.69, 9.17) is 9.31 Å². The molecule has 3 rings (SSSR count). The van der Waals surface area contributed by atoms with Crippen LogP contribution in [0.3, 0.4) is 0 Å². The lowest BCUT2D eigenvalue weighted by molar-refractivity contribution is 0.00578. The topological polar surface area (TPSA) is 47.2 Å². The van der Waals surface area contributed by atoms with Crippen molar-refractivity contribution in [3.63, 3.8) is 0 Å². The third-order valence-electron chi connectivity index (χ3n) is 4.67. The Kier molecular flexibility index (Phi) is 2.95. The van der Waals surface area contributed by atoms with Crippen molar-refractivity contribution in [2.45, 2.75) is 38.9 Å². The number of benzene rings is 1. The second kappa shape index (κ2) is 4.36. The zero-order valence-corrected chi connectivity index (χ0v) is 13.1. The Morgan fingerprint density at radius 3 is 2.33 bits per heavy atom. The molecular weight excluding hydrogens is 263 g/mol. The van der Waals surface area contributed by atoms with E-state index >= 15 is 0 Å². The zero-order valence-electron chi connectivity index (χ0n) is 13.1. The summed E-state index contributed by atoms with van der Waals surface area (Å²) in [6.45, 7) is 8.12. The van der Waals surface area contributed by atoms with Crippen LogP contribution >= 0.6 is 0 Å². The van der Waals surface area contributed by atoms with E-state index in [0.717, 1.165) is 16.4 Å². The van der Waals surface area contributed by atoms with Gasteiger partial charge in [0, 0.05) is 29.6 Å². The Morgan fingerprint density at radius 2 is 1.76 bits per heavy atom. The number of aromatic nitrogens is 1. The maximum Gasteiger partial charge on any atom is 0.497 e. The molecule has 2 heterocycles. The highest BCUT2D eigenvalue weighted by Gasteiger charge is 2.52. The molecule has 0 bridgehead atoms. The molecule has 0 N–H and O–H groups in total. The molecule has 1 saturated heterocycles. The molecule has 1 aliphatic rings. The summed E-state index contributed by atoms with van der Waals surface area (Å²) >= 11 is 0. The van der Waals surface area contributed by atoms with Crippen molar-refractivity contribution in [3.8, 4) is 6.07 Å². The van der Waals surface area contributed by atoms with Gasteiger partial charge in [0.2, 0.25) is 0 Å². The Bertz CT molecular complexity index is 739. The highest BCUT2D eigenvalue weighted by atomic mass is 16.7. The quantitative estimate of drug-likeness (QED) is 0.754. The molecule has 2 aromatic rings. The first-order chi connectivity index (χ1) is 9.77.